The van der Waals surface area contributed by atoms with Crippen molar-refractivity contribution in [3.05, 3.63) is 0 Å². The molecule has 2 N–H and O–H groups in total. The molecule has 1 saturated heterocycles. The van der Waals surface area contributed by atoms with Crippen LogP contribution in [0.1, 0.15) is 51.9 Å². The Balaban J connectivity index is 1.53. The van der Waals surface area contributed by atoms with Crippen LogP contribution in [0.3, 0.4) is 0 Å². The highest BCUT2D eigenvalue weighted by Crippen LogP contribution is 2.32. The first-order chi connectivity index (χ1) is 11.5. The first-order valence-corrected chi connectivity index (χ1v) is 9.93. The molecule has 2 aliphatic carbocycles. The number of guanidine groups is 1. The number of nitrogens with zero attached hydrogens (tertiary/aromatic N) is 3. The first kappa shape index (κ1) is 18.0. The highest BCUT2D eigenvalue weighted by atomic mass is 15.3. The predicted molar refractivity (Wildman–Crippen MR) is 102 cm³/mol. The molecule has 5 heteroatoms. The van der Waals surface area contributed by atoms with Crippen molar-refractivity contribution in [1.29, 1.82) is 0 Å². The summed E-state index contributed by atoms with van der Waals surface area (Å²) in [7, 11) is 6.36. The van der Waals surface area contributed by atoms with E-state index in [1.165, 1.54) is 58.0 Å². The van der Waals surface area contributed by atoms with Gasteiger partial charge in [0.15, 0.2) is 5.96 Å². The molecule has 5 nitrogen and oxygen atoms in total. The summed E-state index contributed by atoms with van der Waals surface area (Å²) in [5, 5.41) is 7.35. The number of likely N-dealkylation sites (tertiary alicyclic amines) is 1. The van der Waals surface area contributed by atoms with Gasteiger partial charge in [-0.05, 0) is 45.7 Å². The van der Waals surface area contributed by atoms with Crippen molar-refractivity contribution in [1.82, 2.24) is 20.4 Å². The number of nitrogens with one attached hydrogen (secondary N) is 2. The number of hydrogen-bond donors (Lipinski definition) is 2. The average molecular weight is 336 g/mol. The van der Waals surface area contributed by atoms with Crippen LogP contribution in [0, 0.1) is 5.92 Å². The van der Waals surface area contributed by atoms with Gasteiger partial charge in [-0.1, -0.05) is 26.2 Å². The van der Waals surface area contributed by atoms with Crippen LogP contribution in [-0.4, -0.2) is 74.2 Å². The summed E-state index contributed by atoms with van der Waals surface area (Å²) in [6, 6.07) is 1.40. The summed E-state index contributed by atoms with van der Waals surface area (Å²) in [6.07, 6.45) is 9.47. The molecule has 0 amide bonds. The van der Waals surface area contributed by atoms with E-state index in [4.69, 9.17) is 0 Å². The number of aliphatic imine (C=N–C) groups is 1. The fourth-order valence-corrected chi connectivity index (χ4v) is 4.54. The molecule has 138 valence electrons. The second-order valence-corrected chi connectivity index (χ2v) is 8.52. The lowest BCUT2D eigenvalue weighted by molar-refractivity contribution is 0.104. The minimum atomic E-state index is 0.289. The molecule has 0 spiro atoms. The van der Waals surface area contributed by atoms with E-state index in [-0.39, 0.29) is 5.54 Å². The predicted octanol–water partition coefficient (Wildman–Crippen LogP) is 1.90. The highest BCUT2D eigenvalue weighted by molar-refractivity contribution is 5.80. The molecule has 0 aromatic rings. The second kappa shape index (κ2) is 7.61. The Morgan fingerprint density at radius 3 is 2.46 bits per heavy atom. The smallest absolute Gasteiger partial charge is 0.191 e. The van der Waals surface area contributed by atoms with Gasteiger partial charge >= 0.3 is 0 Å². The van der Waals surface area contributed by atoms with E-state index in [0.717, 1.165) is 18.5 Å². The largest absolute Gasteiger partial charge is 0.355 e. The van der Waals surface area contributed by atoms with Crippen LogP contribution in [-0.2, 0) is 0 Å². The van der Waals surface area contributed by atoms with Crippen molar-refractivity contribution in [3.63, 3.8) is 0 Å². The van der Waals surface area contributed by atoms with E-state index < -0.39 is 0 Å². The first-order valence-electron chi connectivity index (χ1n) is 9.93. The molecule has 0 aromatic heterocycles. The van der Waals surface area contributed by atoms with E-state index in [9.17, 15) is 0 Å². The van der Waals surface area contributed by atoms with Crippen molar-refractivity contribution in [2.75, 3.05) is 40.8 Å². The van der Waals surface area contributed by atoms with Gasteiger partial charge in [0.1, 0.15) is 0 Å². The Hall–Kier alpha value is -0.810. The molecular formula is C19H37N5. The topological polar surface area (TPSA) is 42.9 Å². The molecule has 1 heterocycles. The second-order valence-electron chi connectivity index (χ2n) is 8.52. The zero-order valence-corrected chi connectivity index (χ0v) is 16.1. The molecule has 0 bridgehead atoms. The minimum Gasteiger partial charge on any atom is -0.355 e. The zero-order chi connectivity index (χ0) is 17.2. The van der Waals surface area contributed by atoms with Crippen molar-refractivity contribution in [3.8, 4) is 0 Å². The molecule has 1 aliphatic heterocycles. The molecular weight excluding hydrogens is 298 g/mol. The number of hydrogen-bond acceptors (Lipinski definition) is 3. The van der Waals surface area contributed by atoms with Crippen molar-refractivity contribution < 1.29 is 0 Å². The van der Waals surface area contributed by atoms with E-state index >= 15 is 0 Å². The summed E-state index contributed by atoms with van der Waals surface area (Å²) in [6.45, 7) is 5.77. The molecule has 2 saturated carbocycles. The number of rotatable bonds is 5. The summed E-state index contributed by atoms with van der Waals surface area (Å²) in [4.78, 5) is 9.60. The van der Waals surface area contributed by atoms with Gasteiger partial charge in [0.2, 0.25) is 0 Å². The summed E-state index contributed by atoms with van der Waals surface area (Å²) in [5.41, 5.74) is 0.289. The molecule has 0 aromatic carbocycles. The number of likely N-dealkylation sites (N-methyl/N-ethyl adjacent to an activating group) is 1. The molecule has 3 aliphatic rings. The molecule has 3 fully saturated rings. The van der Waals surface area contributed by atoms with Crippen LogP contribution in [0.2, 0.25) is 0 Å². The third kappa shape index (κ3) is 4.05. The molecule has 24 heavy (non-hydrogen) atoms. The summed E-state index contributed by atoms with van der Waals surface area (Å²) in [5.74, 6) is 1.68. The van der Waals surface area contributed by atoms with Crippen LogP contribution in [0.15, 0.2) is 4.99 Å². The van der Waals surface area contributed by atoms with Crippen molar-refractivity contribution >= 4 is 5.96 Å². The van der Waals surface area contributed by atoms with Crippen LogP contribution < -0.4 is 10.6 Å². The lowest BCUT2D eigenvalue weighted by atomic mass is 9.80. The average Bonchev–Trinajstić information content (AvgIpc) is 3.36. The minimum absolute atomic E-state index is 0.289. The molecule has 0 radical (unpaired) electrons. The van der Waals surface area contributed by atoms with Crippen molar-refractivity contribution in [2.45, 2.75) is 69.5 Å². The third-order valence-corrected chi connectivity index (χ3v) is 6.57. The normalized spacial score (nSPS) is 31.5. The van der Waals surface area contributed by atoms with Gasteiger partial charge < -0.3 is 15.5 Å². The van der Waals surface area contributed by atoms with Gasteiger partial charge in [0, 0.05) is 44.3 Å². The van der Waals surface area contributed by atoms with Gasteiger partial charge in [-0.25, -0.2) is 0 Å². The van der Waals surface area contributed by atoms with Crippen molar-refractivity contribution in [2.24, 2.45) is 10.9 Å². The maximum Gasteiger partial charge on any atom is 0.191 e. The molecule has 2 unspecified atom stereocenters. The SMILES string of the molecule is CN=C(NCC1(N(C)C)CCCCC1)NC1CN(C2CC2)CC1C. The Kier molecular flexibility index (Phi) is 5.70. The van der Waals surface area contributed by atoms with Crippen LogP contribution in [0.4, 0.5) is 0 Å². The maximum atomic E-state index is 4.50. The fourth-order valence-electron chi connectivity index (χ4n) is 4.54. The lowest BCUT2D eigenvalue weighted by Crippen LogP contribution is -2.56. The Morgan fingerprint density at radius 1 is 1.17 bits per heavy atom. The van der Waals surface area contributed by atoms with E-state index in [0.29, 0.717) is 12.0 Å². The summed E-state index contributed by atoms with van der Waals surface area (Å²) >= 11 is 0. The zero-order valence-electron chi connectivity index (χ0n) is 16.1. The quantitative estimate of drug-likeness (QED) is 0.595. The van der Waals surface area contributed by atoms with Gasteiger partial charge in [-0.2, -0.15) is 0 Å². The van der Waals surface area contributed by atoms with Gasteiger partial charge in [0.25, 0.3) is 0 Å². The maximum absolute atomic E-state index is 4.50. The highest BCUT2D eigenvalue weighted by Gasteiger charge is 2.39. The van der Waals surface area contributed by atoms with Crippen LogP contribution in [0.25, 0.3) is 0 Å². The van der Waals surface area contributed by atoms with E-state index in [1.54, 1.807) is 0 Å². The Labute approximate surface area is 148 Å². The van der Waals surface area contributed by atoms with Gasteiger partial charge in [0.05, 0.1) is 0 Å². The van der Waals surface area contributed by atoms with Crippen LogP contribution >= 0.6 is 0 Å². The molecule has 3 rings (SSSR count). The van der Waals surface area contributed by atoms with Gasteiger partial charge in [-0.15, -0.1) is 0 Å². The van der Waals surface area contributed by atoms with Gasteiger partial charge in [-0.3, -0.25) is 9.89 Å². The third-order valence-electron chi connectivity index (χ3n) is 6.57. The fraction of sp³-hybridized carbons (Fsp3) is 0.947. The Bertz CT molecular complexity index is 437. The standard InChI is InChI=1S/C19H37N5/c1-15-12-24(16-8-9-16)13-17(15)22-18(20-2)21-14-19(23(3)4)10-6-5-7-11-19/h15-17H,5-14H2,1-4H3,(H2,20,21,22). The van der Waals surface area contributed by atoms with E-state index in [2.05, 4.69) is 46.4 Å². The van der Waals surface area contributed by atoms with Crippen LogP contribution in [0.5, 0.6) is 0 Å². The lowest BCUT2D eigenvalue weighted by Gasteiger charge is -2.43. The molecule has 2 atom stereocenters. The van der Waals surface area contributed by atoms with E-state index in [1.807, 2.05) is 7.05 Å². The summed E-state index contributed by atoms with van der Waals surface area (Å²) < 4.78 is 0. The Morgan fingerprint density at radius 2 is 1.88 bits per heavy atom. The monoisotopic (exact) mass is 335 g/mol.